The lowest BCUT2D eigenvalue weighted by Crippen LogP contribution is -2.20. The molecular formula is C9H10ClN5O. The lowest BCUT2D eigenvalue weighted by Gasteiger charge is -2.13. The van der Waals surface area contributed by atoms with Crippen molar-refractivity contribution in [3.63, 3.8) is 0 Å². The van der Waals surface area contributed by atoms with Crippen molar-refractivity contribution in [2.75, 3.05) is 0 Å². The van der Waals surface area contributed by atoms with Crippen molar-refractivity contribution in [3.8, 4) is 5.75 Å². The van der Waals surface area contributed by atoms with Crippen LogP contribution in [0.4, 0.5) is 0 Å². The molecule has 0 aromatic carbocycles. The zero-order valence-electron chi connectivity index (χ0n) is 8.62. The van der Waals surface area contributed by atoms with Gasteiger partial charge >= 0.3 is 0 Å². The van der Waals surface area contributed by atoms with E-state index in [4.69, 9.17) is 16.3 Å². The second-order valence-electron chi connectivity index (χ2n) is 3.27. The summed E-state index contributed by atoms with van der Waals surface area (Å²) in [7, 11) is 0. The highest BCUT2D eigenvalue weighted by Gasteiger charge is 2.06. The Morgan fingerprint density at radius 3 is 3.12 bits per heavy atom. The number of hydrogen-bond acceptors (Lipinski definition) is 5. The second-order valence-corrected chi connectivity index (χ2v) is 3.66. The third-order valence-corrected chi connectivity index (χ3v) is 2.08. The number of nitrogens with zero attached hydrogens (tertiary/aromatic N) is 5. The molecule has 1 unspecified atom stereocenters. The van der Waals surface area contributed by atoms with E-state index < -0.39 is 0 Å². The normalized spacial score (nSPS) is 12.4. The number of tetrazole rings is 1. The predicted molar refractivity (Wildman–Crippen MR) is 57.2 cm³/mol. The van der Waals surface area contributed by atoms with Crippen LogP contribution in [0, 0.1) is 0 Å². The minimum Gasteiger partial charge on any atom is -0.489 e. The predicted octanol–water partition coefficient (Wildman–Crippen LogP) is 1.19. The highest BCUT2D eigenvalue weighted by molar-refractivity contribution is 6.29. The van der Waals surface area contributed by atoms with E-state index in [1.807, 2.05) is 6.92 Å². The molecular weight excluding hydrogens is 230 g/mol. The summed E-state index contributed by atoms with van der Waals surface area (Å²) in [5, 5.41) is 11.2. The Morgan fingerprint density at radius 2 is 2.44 bits per heavy atom. The number of aromatic nitrogens is 5. The van der Waals surface area contributed by atoms with Gasteiger partial charge in [0.1, 0.15) is 23.3 Å². The van der Waals surface area contributed by atoms with Crippen molar-refractivity contribution in [2.45, 2.75) is 19.6 Å². The van der Waals surface area contributed by atoms with Gasteiger partial charge in [0, 0.05) is 12.3 Å². The molecule has 0 bridgehead atoms. The van der Waals surface area contributed by atoms with Crippen LogP contribution in [0.1, 0.15) is 6.92 Å². The summed E-state index contributed by atoms with van der Waals surface area (Å²) in [6.07, 6.45) is 3.09. The molecule has 2 aromatic rings. The Bertz CT molecular complexity index is 447. The maximum absolute atomic E-state index is 5.74. The van der Waals surface area contributed by atoms with Crippen LogP contribution in [-0.4, -0.2) is 31.3 Å². The fourth-order valence-corrected chi connectivity index (χ4v) is 1.42. The van der Waals surface area contributed by atoms with Crippen molar-refractivity contribution in [2.24, 2.45) is 0 Å². The van der Waals surface area contributed by atoms with Crippen molar-refractivity contribution in [1.82, 2.24) is 25.2 Å². The van der Waals surface area contributed by atoms with Crippen LogP contribution < -0.4 is 4.74 Å². The van der Waals surface area contributed by atoms with Gasteiger partial charge in [-0.25, -0.2) is 9.67 Å². The molecule has 2 rings (SSSR count). The Labute approximate surface area is 97.2 Å². The molecule has 0 aliphatic heterocycles. The first-order valence-corrected chi connectivity index (χ1v) is 5.11. The molecule has 0 aliphatic rings. The van der Waals surface area contributed by atoms with Crippen LogP contribution >= 0.6 is 11.6 Å². The van der Waals surface area contributed by atoms with E-state index in [0.29, 0.717) is 17.4 Å². The van der Waals surface area contributed by atoms with Crippen molar-refractivity contribution in [3.05, 3.63) is 29.8 Å². The van der Waals surface area contributed by atoms with Gasteiger partial charge in [0.15, 0.2) is 0 Å². The summed E-state index contributed by atoms with van der Waals surface area (Å²) in [6, 6.07) is 3.42. The topological polar surface area (TPSA) is 65.7 Å². The Morgan fingerprint density at radius 1 is 1.56 bits per heavy atom. The highest BCUT2D eigenvalue weighted by Crippen LogP contribution is 2.16. The average molecular weight is 240 g/mol. The Hall–Kier alpha value is -1.69. The van der Waals surface area contributed by atoms with Gasteiger partial charge in [0.25, 0.3) is 0 Å². The molecule has 0 amide bonds. The van der Waals surface area contributed by atoms with Crippen LogP contribution in [0.3, 0.4) is 0 Å². The molecule has 2 aromatic heterocycles. The number of halogens is 1. The smallest absolute Gasteiger partial charge is 0.138 e. The van der Waals surface area contributed by atoms with Gasteiger partial charge in [-0.2, -0.15) is 0 Å². The molecule has 0 aliphatic carbocycles. The van der Waals surface area contributed by atoms with Gasteiger partial charge in [-0.15, -0.1) is 5.10 Å². The number of ether oxygens (including phenoxy) is 1. The first-order chi connectivity index (χ1) is 7.74. The van der Waals surface area contributed by atoms with Crippen LogP contribution in [-0.2, 0) is 6.54 Å². The van der Waals surface area contributed by atoms with Gasteiger partial charge in [-0.3, -0.25) is 0 Å². The molecule has 1 atom stereocenters. The standard InChI is InChI=1S/C9H10ClN5O/c1-7(5-15-6-12-13-14-15)16-8-2-3-11-9(10)4-8/h2-4,6-7H,5H2,1H3. The number of rotatable bonds is 4. The molecule has 0 saturated carbocycles. The fourth-order valence-electron chi connectivity index (χ4n) is 1.25. The quantitative estimate of drug-likeness (QED) is 0.750. The SMILES string of the molecule is CC(Cn1cnnn1)Oc1ccnc(Cl)c1. The van der Waals surface area contributed by atoms with E-state index in [0.717, 1.165) is 0 Å². The second kappa shape index (κ2) is 4.89. The average Bonchev–Trinajstić information content (AvgIpc) is 2.70. The molecule has 16 heavy (non-hydrogen) atoms. The van der Waals surface area contributed by atoms with Gasteiger partial charge in [-0.1, -0.05) is 11.6 Å². The molecule has 0 spiro atoms. The van der Waals surface area contributed by atoms with Crippen LogP contribution in [0.5, 0.6) is 5.75 Å². The van der Waals surface area contributed by atoms with Gasteiger partial charge < -0.3 is 4.74 Å². The lowest BCUT2D eigenvalue weighted by atomic mass is 10.4. The molecule has 6 nitrogen and oxygen atoms in total. The summed E-state index contributed by atoms with van der Waals surface area (Å²) in [4.78, 5) is 3.87. The summed E-state index contributed by atoms with van der Waals surface area (Å²) < 4.78 is 7.23. The van der Waals surface area contributed by atoms with Crippen molar-refractivity contribution < 1.29 is 4.74 Å². The Balaban J connectivity index is 1.94. The summed E-state index contributed by atoms with van der Waals surface area (Å²) in [6.45, 7) is 2.50. The van der Waals surface area contributed by atoms with Crippen LogP contribution in [0.2, 0.25) is 5.15 Å². The zero-order valence-corrected chi connectivity index (χ0v) is 9.37. The number of pyridine rings is 1. The molecule has 0 fully saturated rings. The highest BCUT2D eigenvalue weighted by atomic mass is 35.5. The monoisotopic (exact) mass is 239 g/mol. The molecule has 0 radical (unpaired) electrons. The van der Waals surface area contributed by atoms with Gasteiger partial charge in [0.2, 0.25) is 0 Å². The third kappa shape index (κ3) is 2.90. The van der Waals surface area contributed by atoms with Crippen LogP contribution in [0.15, 0.2) is 24.7 Å². The fraction of sp³-hybridized carbons (Fsp3) is 0.333. The zero-order chi connectivity index (χ0) is 11.4. The molecule has 0 N–H and O–H groups in total. The molecule has 84 valence electrons. The maximum atomic E-state index is 5.74. The minimum atomic E-state index is -0.0537. The van der Waals surface area contributed by atoms with E-state index in [1.54, 1.807) is 29.3 Å². The largest absolute Gasteiger partial charge is 0.489 e. The first kappa shape index (κ1) is 10.8. The van der Waals surface area contributed by atoms with E-state index in [-0.39, 0.29) is 6.10 Å². The summed E-state index contributed by atoms with van der Waals surface area (Å²) in [5.74, 6) is 0.681. The van der Waals surface area contributed by atoms with E-state index in [9.17, 15) is 0 Å². The van der Waals surface area contributed by atoms with Gasteiger partial charge in [-0.05, 0) is 23.4 Å². The first-order valence-electron chi connectivity index (χ1n) is 4.73. The van der Waals surface area contributed by atoms with E-state index in [2.05, 4.69) is 20.5 Å². The number of hydrogen-bond donors (Lipinski definition) is 0. The summed E-state index contributed by atoms with van der Waals surface area (Å²) >= 11 is 5.74. The van der Waals surface area contributed by atoms with Crippen LogP contribution in [0.25, 0.3) is 0 Å². The van der Waals surface area contributed by atoms with E-state index in [1.165, 1.54) is 0 Å². The molecule has 2 heterocycles. The third-order valence-electron chi connectivity index (χ3n) is 1.87. The van der Waals surface area contributed by atoms with E-state index >= 15 is 0 Å². The minimum absolute atomic E-state index is 0.0537. The Kier molecular flexibility index (Phi) is 3.31. The molecule has 0 saturated heterocycles. The van der Waals surface area contributed by atoms with Gasteiger partial charge in [0.05, 0.1) is 6.54 Å². The van der Waals surface area contributed by atoms with Crippen molar-refractivity contribution >= 4 is 11.6 Å². The maximum Gasteiger partial charge on any atom is 0.138 e. The van der Waals surface area contributed by atoms with Crippen molar-refractivity contribution in [1.29, 1.82) is 0 Å². The lowest BCUT2D eigenvalue weighted by molar-refractivity contribution is 0.193. The summed E-state index contributed by atoms with van der Waals surface area (Å²) in [5.41, 5.74) is 0. The molecule has 7 heteroatoms.